The molecule has 0 bridgehead atoms. The van der Waals surface area contributed by atoms with Crippen LogP contribution in [0.2, 0.25) is 0 Å². The maximum atomic E-state index is 12.7. The molecule has 1 aliphatic rings. The number of hydrogen-bond acceptors (Lipinski definition) is 5. The van der Waals surface area contributed by atoms with Crippen molar-refractivity contribution in [1.29, 1.82) is 0 Å². The zero-order valence-electron chi connectivity index (χ0n) is 16.7. The van der Waals surface area contributed by atoms with Gasteiger partial charge in [-0.15, -0.1) is 0 Å². The van der Waals surface area contributed by atoms with Crippen LogP contribution in [0.1, 0.15) is 47.5 Å². The summed E-state index contributed by atoms with van der Waals surface area (Å²) in [4.78, 5) is 30.8. The second kappa shape index (κ2) is 8.91. The summed E-state index contributed by atoms with van der Waals surface area (Å²) >= 11 is 0. The lowest BCUT2D eigenvalue weighted by atomic mass is 9.99. The van der Waals surface area contributed by atoms with Crippen LogP contribution < -0.4 is 10.1 Å². The number of nitrogens with one attached hydrogen (secondary N) is 1. The number of benzene rings is 1. The molecule has 0 aliphatic carbocycles. The van der Waals surface area contributed by atoms with E-state index in [0.717, 1.165) is 31.5 Å². The lowest BCUT2D eigenvalue weighted by molar-refractivity contribution is -0.123. The Morgan fingerprint density at radius 1 is 1.25 bits per heavy atom. The van der Waals surface area contributed by atoms with Gasteiger partial charge in [0.25, 0.3) is 11.8 Å². The van der Waals surface area contributed by atoms with Crippen LogP contribution in [0.15, 0.2) is 28.7 Å². The largest absolute Gasteiger partial charge is 0.484 e. The highest BCUT2D eigenvalue weighted by Crippen LogP contribution is 2.20. The molecular weight excluding hydrogens is 358 g/mol. The van der Waals surface area contributed by atoms with Crippen molar-refractivity contribution >= 4 is 11.8 Å². The average Bonchev–Trinajstić information content (AvgIpc) is 3.06. The number of aryl methyl sites for hydroxylation is 2. The number of hydrogen-bond donors (Lipinski definition) is 1. The van der Waals surface area contributed by atoms with Gasteiger partial charge in [0.05, 0.1) is 6.54 Å². The molecule has 2 heterocycles. The van der Waals surface area contributed by atoms with Crippen molar-refractivity contribution in [3.63, 3.8) is 0 Å². The zero-order chi connectivity index (χ0) is 20.1. The molecule has 2 amide bonds. The molecule has 1 aromatic heterocycles. The van der Waals surface area contributed by atoms with E-state index >= 15 is 0 Å². The van der Waals surface area contributed by atoms with Gasteiger partial charge in [0.1, 0.15) is 11.5 Å². The molecule has 2 aromatic rings. The molecule has 0 spiro atoms. The van der Waals surface area contributed by atoms with Crippen LogP contribution in [-0.2, 0) is 11.3 Å². The monoisotopic (exact) mass is 385 g/mol. The first-order valence-electron chi connectivity index (χ1n) is 9.64. The Bertz CT molecular complexity index is 838. The van der Waals surface area contributed by atoms with Crippen LogP contribution in [0.5, 0.6) is 5.75 Å². The Morgan fingerprint density at radius 2 is 1.96 bits per heavy atom. The van der Waals surface area contributed by atoms with Crippen LogP contribution in [-0.4, -0.2) is 41.4 Å². The highest BCUT2D eigenvalue weighted by atomic mass is 16.5. The molecule has 0 unspecified atom stereocenters. The average molecular weight is 385 g/mol. The van der Waals surface area contributed by atoms with E-state index in [1.54, 1.807) is 6.92 Å². The van der Waals surface area contributed by atoms with Crippen LogP contribution >= 0.6 is 0 Å². The van der Waals surface area contributed by atoms with E-state index < -0.39 is 0 Å². The third kappa shape index (κ3) is 4.91. The summed E-state index contributed by atoms with van der Waals surface area (Å²) in [6.07, 6.45) is 2.01. The fraction of sp³-hybridized carbons (Fsp3) is 0.476. The molecule has 150 valence electrons. The molecule has 0 atom stereocenters. The second-order valence-corrected chi connectivity index (χ2v) is 7.32. The minimum atomic E-state index is -0.281. The molecule has 28 heavy (non-hydrogen) atoms. The number of carbonyl (C=O) groups is 2. The van der Waals surface area contributed by atoms with E-state index in [1.165, 1.54) is 0 Å². The number of aromatic nitrogens is 1. The third-order valence-corrected chi connectivity index (χ3v) is 5.00. The number of rotatable bonds is 6. The van der Waals surface area contributed by atoms with Gasteiger partial charge in [-0.2, -0.15) is 0 Å². The maximum Gasteiger partial charge on any atom is 0.276 e. The van der Waals surface area contributed by atoms with Crippen molar-refractivity contribution in [1.82, 2.24) is 15.2 Å². The molecule has 0 saturated carbocycles. The number of oxazole rings is 1. The molecule has 3 rings (SSSR count). The zero-order valence-corrected chi connectivity index (χ0v) is 16.7. The first kappa shape index (κ1) is 19.9. The molecule has 7 heteroatoms. The minimum Gasteiger partial charge on any atom is -0.484 e. The Kier molecular flexibility index (Phi) is 6.34. The minimum absolute atomic E-state index is 0.0949. The first-order valence-corrected chi connectivity index (χ1v) is 9.64. The van der Waals surface area contributed by atoms with E-state index in [1.807, 2.05) is 36.1 Å². The molecule has 1 N–H and O–H groups in total. The van der Waals surface area contributed by atoms with E-state index in [0.29, 0.717) is 29.0 Å². The molecular formula is C21H27N3O4. The summed E-state index contributed by atoms with van der Waals surface area (Å²) in [5.41, 5.74) is 1.30. The summed E-state index contributed by atoms with van der Waals surface area (Å²) in [6, 6.07) is 7.51. The third-order valence-electron chi connectivity index (χ3n) is 5.00. The summed E-state index contributed by atoms with van der Waals surface area (Å²) in [6.45, 7) is 7.35. The van der Waals surface area contributed by atoms with Crippen LogP contribution in [0.25, 0.3) is 0 Å². The fourth-order valence-electron chi connectivity index (χ4n) is 3.17. The predicted octanol–water partition coefficient (Wildman–Crippen LogP) is 2.86. The Labute approximate surface area is 165 Å². The van der Waals surface area contributed by atoms with Crippen LogP contribution in [0, 0.1) is 19.8 Å². The first-order chi connectivity index (χ1) is 13.4. The quantitative estimate of drug-likeness (QED) is 0.826. The van der Waals surface area contributed by atoms with Crippen LogP contribution in [0.4, 0.5) is 0 Å². The van der Waals surface area contributed by atoms with Crippen molar-refractivity contribution in [2.24, 2.45) is 5.92 Å². The summed E-state index contributed by atoms with van der Waals surface area (Å²) in [5.74, 6) is 1.73. The number of ether oxygens (including phenoxy) is 1. The molecule has 1 fully saturated rings. The van der Waals surface area contributed by atoms with E-state index in [2.05, 4.69) is 17.2 Å². The number of carbonyl (C=O) groups excluding carboxylic acids is 2. The fourth-order valence-corrected chi connectivity index (χ4v) is 3.17. The number of piperidine rings is 1. The van der Waals surface area contributed by atoms with Crippen LogP contribution in [0.3, 0.4) is 0 Å². The SMILES string of the molecule is Cc1ccccc1OCC(=O)NCc1nc(C(=O)N2CCC(C)CC2)c(C)o1. The Hall–Kier alpha value is -2.83. The lowest BCUT2D eigenvalue weighted by Gasteiger charge is -2.29. The smallest absolute Gasteiger partial charge is 0.276 e. The van der Waals surface area contributed by atoms with Crippen molar-refractivity contribution in [3.8, 4) is 5.75 Å². The predicted molar refractivity (Wildman–Crippen MR) is 104 cm³/mol. The summed E-state index contributed by atoms with van der Waals surface area (Å²) < 4.78 is 11.1. The Balaban J connectivity index is 1.51. The summed E-state index contributed by atoms with van der Waals surface area (Å²) in [5, 5.41) is 2.71. The van der Waals surface area contributed by atoms with Gasteiger partial charge in [-0.1, -0.05) is 25.1 Å². The second-order valence-electron chi connectivity index (χ2n) is 7.32. The molecule has 0 radical (unpaired) electrons. The van der Waals surface area contributed by atoms with E-state index in [4.69, 9.17) is 9.15 Å². The van der Waals surface area contributed by atoms with Gasteiger partial charge in [-0.3, -0.25) is 9.59 Å². The standard InChI is InChI=1S/C21H27N3O4/c1-14-8-10-24(11-9-14)21(26)20-16(3)28-19(23-20)12-22-18(25)13-27-17-7-5-4-6-15(17)2/h4-7,14H,8-13H2,1-3H3,(H,22,25). The molecule has 1 aromatic carbocycles. The molecule has 7 nitrogen and oxygen atoms in total. The highest BCUT2D eigenvalue weighted by Gasteiger charge is 2.26. The van der Waals surface area contributed by atoms with E-state index in [-0.39, 0.29) is 25.0 Å². The summed E-state index contributed by atoms with van der Waals surface area (Å²) in [7, 11) is 0. The Morgan fingerprint density at radius 3 is 2.68 bits per heavy atom. The van der Waals surface area contributed by atoms with Crippen molar-refractivity contribution in [2.75, 3.05) is 19.7 Å². The molecule has 1 aliphatic heterocycles. The maximum absolute atomic E-state index is 12.7. The van der Waals surface area contributed by atoms with Gasteiger partial charge in [-0.25, -0.2) is 4.98 Å². The van der Waals surface area contributed by atoms with Crippen molar-refractivity contribution in [2.45, 2.75) is 40.2 Å². The van der Waals surface area contributed by atoms with E-state index in [9.17, 15) is 9.59 Å². The van der Waals surface area contributed by atoms with Gasteiger partial charge >= 0.3 is 0 Å². The van der Waals surface area contributed by atoms with Gasteiger partial charge in [-0.05, 0) is 44.2 Å². The normalized spacial score (nSPS) is 14.8. The number of amides is 2. The van der Waals surface area contributed by atoms with Crippen molar-refractivity contribution < 1.29 is 18.7 Å². The number of nitrogens with zero attached hydrogens (tertiary/aromatic N) is 2. The highest BCUT2D eigenvalue weighted by molar-refractivity contribution is 5.93. The topological polar surface area (TPSA) is 84.7 Å². The molecule has 1 saturated heterocycles. The number of para-hydroxylation sites is 1. The van der Waals surface area contributed by atoms with Gasteiger partial charge < -0.3 is 19.4 Å². The number of likely N-dealkylation sites (tertiary alicyclic amines) is 1. The van der Waals surface area contributed by atoms with Gasteiger partial charge in [0.2, 0.25) is 5.89 Å². The van der Waals surface area contributed by atoms with Gasteiger partial charge in [0.15, 0.2) is 12.3 Å². The lowest BCUT2D eigenvalue weighted by Crippen LogP contribution is -2.38. The van der Waals surface area contributed by atoms with Gasteiger partial charge in [0, 0.05) is 13.1 Å². The van der Waals surface area contributed by atoms with Crippen molar-refractivity contribution in [3.05, 3.63) is 47.2 Å².